The van der Waals surface area contributed by atoms with Crippen LogP contribution in [-0.2, 0) is 9.59 Å². The van der Waals surface area contributed by atoms with Crippen LogP contribution in [0.4, 0.5) is 0 Å². The summed E-state index contributed by atoms with van der Waals surface area (Å²) in [6.45, 7) is 3.26. The maximum Gasteiger partial charge on any atom is 0.0451 e. The lowest BCUT2D eigenvalue weighted by Gasteiger charge is -2.21. The molecule has 0 N–H and O–H groups in total. The molecule has 0 unspecified atom stereocenters. The minimum absolute atomic E-state index is 0.238. The topological polar surface area (TPSA) is 80.3 Å². The van der Waals surface area contributed by atoms with E-state index in [9.17, 15) is 19.8 Å². The first-order chi connectivity index (χ1) is 4.95. The highest BCUT2D eigenvalue weighted by atomic mass is 16.4. The van der Waals surface area contributed by atoms with E-state index in [0.717, 1.165) is 0 Å². The maximum atomic E-state index is 10.3. The van der Waals surface area contributed by atoms with Crippen molar-refractivity contribution in [1.29, 1.82) is 0 Å². The average molecular weight is 158 g/mol. The van der Waals surface area contributed by atoms with Crippen molar-refractivity contribution in [1.82, 2.24) is 0 Å². The van der Waals surface area contributed by atoms with Crippen LogP contribution in [0.2, 0.25) is 0 Å². The molecular weight excluding hydrogens is 148 g/mol. The quantitative estimate of drug-likeness (QED) is 0.481. The highest BCUT2D eigenvalue weighted by molar-refractivity contribution is 5.75. The molecule has 4 nitrogen and oxygen atoms in total. The third kappa shape index (κ3) is 3.60. The normalized spacial score (nSPS) is 13.0. The second-order valence-electron chi connectivity index (χ2n) is 2.75. The van der Waals surface area contributed by atoms with Gasteiger partial charge in [0.15, 0.2) is 0 Å². The zero-order valence-corrected chi connectivity index (χ0v) is 6.49. The van der Waals surface area contributed by atoms with Gasteiger partial charge in [-0.2, -0.15) is 0 Å². The van der Waals surface area contributed by atoms with Crippen LogP contribution in [0.3, 0.4) is 0 Å². The van der Waals surface area contributed by atoms with E-state index in [2.05, 4.69) is 0 Å². The number of carbonyl (C=O) groups is 2. The largest absolute Gasteiger partial charge is 0.550 e. The van der Waals surface area contributed by atoms with E-state index < -0.39 is 24.3 Å². The van der Waals surface area contributed by atoms with E-state index in [4.69, 9.17) is 0 Å². The number of carbonyl (C=O) groups excluding carboxylic acids is 2. The van der Waals surface area contributed by atoms with Gasteiger partial charge in [-0.05, 0) is 12.3 Å². The summed E-state index contributed by atoms with van der Waals surface area (Å²) in [4.78, 5) is 20.3. The summed E-state index contributed by atoms with van der Waals surface area (Å²) in [6.07, 6.45) is -0.472. The van der Waals surface area contributed by atoms with Gasteiger partial charge in [0.25, 0.3) is 0 Å². The Hall–Kier alpha value is -1.06. The van der Waals surface area contributed by atoms with Crippen molar-refractivity contribution in [3.05, 3.63) is 0 Å². The van der Waals surface area contributed by atoms with Gasteiger partial charge >= 0.3 is 0 Å². The molecule has 0 aliphatic heterocycles. The van der Waals surface area contributed by atoms with Gasteiger partial charge in [-0.3, -0.25) is 0 Å². The smallest absolute Gasteiger partial charge is 0.0451 e. The van der Waals surface area contributed by atoms with E-state index >= 15 is 0 Å². The van der Waals surface area contributed by atoms with Gasteiger partial charge in [0, 0.05) is 17.9 Å². The third-order valence-electron chi connectivity index (χ3n) is 1.49. The molecule has 4 heteroatoms. The van der Waals surface area contributed by atoms with Crippen molar-refractivity contribution in [2.45, 2.75) is 20.3 Å². The second-order valence-corrected chi connectivity index (χ2v) is 2.75. The molecule has 0 saturated heterocycles. The molecule has 0 aromatic rings. The van der Waals surface area contributed by atoms with Gasteiger partial charge in [0.2, 0.25) is 0 Å². The summed E-state index contributed by atoms with van der Waals surface area (Å²) in [5, 5.41) is 20.3. The van der Waals surface area contributed by atoms with Crippen molar-refractivity contribution in [2.75, 3.05) is 0 Å². The number of rotatable bonds is 4. The van der Waals surface area contributed by atoms with Gasteiger partial charge < -0.3 is 19.8 Å². The zero-order chi connectivity index (χ0) is 9.02. The summed E-state index contributed by atoms with van der Waals surface area (Å²) in [5.74, 6) is -3.87. The fourth-order valence-corrected chi connectivity index (χ4v) is 0.771. The van der Waals surface area contributed by atoms with Gasteiger partial charge in [-0.25, -0.2) is 0 Å². The lowest BCUT2D eigenvalue weighted by atomic mass is 9.93. The molecular formula is C7H10O4-2. The Morgan fingerprint density at radius 3 is 1.82 bits per heavy atom. The first-order valence-electron chi connectivity index (χ1n) is 3.36. The monoisotopic (exact) mass is 158 g/mol. The molecule has 0 aliphatic rings. The molecule has 0 fully saturated rings. The van der Waals surface area contributed by atoms with Crippen LogP contribution < -0.4 is 10.2 Å². The number of hydrogen-bond donors (Lipinski definition) is 0. The van der Waals surface area contributed by atoms with Crippen molar-refractivity contribution in [3.8, 4) is 0 Å². The standard InChI is InChI=1S/C7H12O4/c1-4(2)5(7(10)11)3-6(8)9/h4-5H,3H2,1-2H3,(H,8,9)(H,10,11)/p-2/t5-/m0/s1. The Morgan fingerprint density at radius 2 is 1.73 bits per heavy atom. The zero-order valence-electron chi connectivity index (χ0n) is 6.49. The molecule has 0 aromatic carbocycles. The molecule has 11 heavy (non-hydrogen) atoms. The molecule has 0 heterocycles. The van der Waals surface area contributed by atoms with Gasteiger partial charge in [0.1, 0.15) is 0 Å². The van der Waals surface area contributed by atoms with E-state index in [0.29, 0.717) is 0 Å². The summed E-state index contributed by atoms with van der Waals surface area (Å²) in [6, 6.07) is 0. The molecule has 64 valence electrons. The van der Waals surface area contributed by atoms with E-state index in [-0.39, 0.29) is 5.92 Å². The van der Waals surface area contributed by atoms with Crippen molar-refractivity contribution in [3.63, 3.8) is 0 Å². The van der Waals surface area contributed by atoms with Gasteiger partial charge in [-0.15, -0.1) is 0 Å². The summed E-state index contributed by atoms with van der Waals surface area (Å²) in [7, 11) is 0. The molecule has 0 saturated carbocycles. The minimum atomic E-state index is -1.35. The Bertz CT molecular complexity index is 162. The van der Waals surface area contributed by atoms with Crippen molar-refractivity contribution >= 4 is 11.9 Å². The number of carboxylic acids is 2. The van der Waals surface area contributed by atoms with Crippen LogP contribution in [0, 0.1) is 11.8 Å². The molecule has 0 aromatic heterocycles. The van der Waals surface area contributed by atoms with E-state index in [1.807, 2.05) is 0 Å². The highest BCUT2D eigenvalue weighted by Crippen LogP contribution is 2.13. The van der Waals surface area contributed by atoms with Crippen LogP contribution in [0.1, 0.15) is 20.3 Å². The van der Waals surface area contributed by atoms with Crippen molar-refractivity contribution in [2.24, 2.45) is 11.8 Å². The molecule has 0 spiro atoms. The van der Waals surface area contributed by atoms with Crippen LogP contribution >= 0.6 is 0 Å². The number of carboxylic acid groups (broad SMARTS) is 2. The van der Waals surface area contributed by atoms with Crippen molar-refractivity contribution < 1.29 is 19.8 Å². The highest BCUT2D eigenvalue weighted by Gasteiger charge is 2.14. The molecule has 1 atom stereocenters. The van der Waals surface area contributed by atoms with Crippen LogP contribution in [0.15, 0.2) is 0 Å². The predicted octanol–water partition coefficient (Wildman–Crippen LogP) is -1.85. The minimum Gasteiger partial charge on any atom is -0.550 e. The average Bonchev–Trinajstić information content (AvgIpc) is 1.81. The Kier molecular flexibility index (Phi) is 3.57. The van der Waals surface area contributed by atoms with Gasteiger partial charge in [0.05, 0.1) is 0 Å². The molecule has 0 rings (SSSR count). The van der Waals surface area contributed by atoms with Gasteiger partial charge in [-0.1, -0.05) is 13.8 Å². The fourth-order valence-electron chi connectivity index (χ4n) is 0.771. The second kappa shape index (κ2) is 3.95. The number of aliphatic carboxylic acids is 2. The van der Waals surface area contributed by atoms with Crippen LogP contribution in [0.5, 0.6) is 0 Å². The van der Waals surface area contributed by atoms with E-state index in [1.165, 1.54) is 0 Å². The maximum absolute atomic E-state index is 10.3. The summed E-state index contributed by atoms with van der Waals surface area (Å²) < 4.78 is 0. The fraction of sp³-hybridized carbons (Fsp3) is 0.714. The molecule has 0 aliphatic carbocycles. The van der Waals surface area contributed by atoms with E-state index in [1.54, 1.807) is 13.8 Å². The first kappa shape index (κ1) is 9.94. The Morgan fingerprint density at radius 1 is 1.27 bits per heavy atom. The Balaban J connectivity index is 4.12. The predicted molar refractivity (Wildman–Crippen MR) is 33.0 cm³/mol. The lowest BCUT2D eigenvalue weighted by molar-refractivity contribution is -0.322. The molecule has 0 amide bonds. The third-order valence-corrected chi connectivity index (χ3v) is 1.49. The summed E-state index contributed by atoms with van der Waals surface area (Å²) in [5.41, 5.74) is 0. The SMILES string of the molecule is CC(C)[C@H](CC(=O)[O-])C(=O)[O-]. The van der Waals surface area contributed by atoms with Crippen LogP contribution in [0.25, 0.3) is 0 Å². The Labute approximate surface area is 64.8 Å². The van der Waals surface area contributed by atoms with Crippen LogP contribution in [-0.4, -0.2) is 11.9 Å². The number of hydrogen-bond acceptors (Lipinski definition) is 4. The lowest BCUT2D eigenvalue weighted by Crippen LogP contribution is -2.38. The summed E-state index contributed by atoms with van der Waals surface area (Å²) >= 11 is 0. The molecule has 0 radical (unpaired) electrons. The first-order valence-corrected chi connectivity index (χ1v) is 3.36. The molecule has 0 bridgehead atoms.